The lowest BCUT2D eigenvalue weighted by atomic mass is 10.1. The number of aromatic nitrogens is 4. The Morgan fingerprint density at radius 2 is 2.00 bits per heavy atom. The number of anilines is 1. The van der Waals surface area contributed by atoms with Gasteiger partial charge in [0.25, 0.3) is 0 Å². The van der Waals surface area contributed by atoms with Crippen LogP contribution in [0.2, 0.25) is 0 Å². The summed E-state index contributed by atoms with van der Waals surface area (Å²) in [5.41, 5.74) is 3.38. The Morgan fingerprint density at radius 1 is 1.16 bits per heavy atom. The highest BCUT2D eigenvalue weighted by Gasteiger charge is 2.01. The van der Waals surface area contributed by atoms with Gasteiger partial charge in [-0.15, -0.1) is 0 Å². The third-order valence-corrected chi connectivity index (χ3v) is 3.04. The molecule has 0 aliphatic heterocycles. The van der Waals surface area contributed by atoms with Crippen molar-refractivity contribution < 1.29 is 0 Å². The molecule has 2 aromatic heterocycles. The smallest absolute Gasteiger partial charge is 0.202 e. The lowest BCUT2D eigenvalue weighted by Gasteiger charge is -2.06. The fourth-order valence-corrected chi connectivity index (χ4v) is 1.94. The molecule has 96 valence electrons. The van der Waals surface area contributed by atoms with Crippen LogP contribution >= 0.6 is 0 Å². The molecule has 0 saturated heterocycles. The first kappa shape index (κ1) is 11.5. The molecule has 0 atom stereocenters. The number of aryl methyl sites for hydroxylation is 1. The molecule has 0 saturated carbocycles. The highest BCUT2D eigenvalue weighted by atomic mass is 15.2. The number of imidazole rings is 1. The Labute approximate surface area is 111 Å². The molecule has 2 heterocycles. The van der Waals surface area contributed by atoms with E-state index in [-0.39, 0.29) is 0 Å². The van der Waals surface area contributed by atoms with E-state index in [1.807, 2.05) is 23.9 Å². The molecule has 3 aromatic rings. The first-order valence-electron chi connectivity index (χ1n) is 6.13. The molecule has 0 unspecified atom stereocenters. The number of rotatable bonds is 4. The normalized spacial score (nSPS) is 10.6. The van der Waals surface area contributed by atoms with Crippen molar-refractivity contribution in [1.29, 1.82) is 0 Å². The average Bonchev–Trinajstić information content (AvgIpc) is 3.09. The molecule has 3 rings (SSSR count). The summed E-state index contributed by atoms with van der Waals surface area (Å²) in [6.45, 7) is 0.758. The summed E-state index contributed by atoms with van der Waals surface area (Å²) >= 11 is 0. The van der Waals surface area contributed by atoms with Gasteiger partial charge in [0.2, 0.25) is 5.95 Å². The summed E-state index contributed by atoms with van der Waals surface area (Å²) < 4.78 is 1.96. The van der Waals surface area contributed by atoms with Crippen LogP contribution in [0.4, 0.5) is 5.95 Å². The van der Waals surface area contributed by atoms with E-state index >= 15 is 0 Å². The molecular formula is C14H15N5. The van der Waals surface area contributed by atoms with Crippen LogP contribution in [0.25, 0.3) is 11.3 Å². The number of aromatic amines is 1. The van der Waals surface area contributed by atoms with Crippen LogP contribution in [-0.4, -0.2) is 19.7 Å². The van der Waals surface area contributed by atoms with Crippen LogP contribution in [0.15, 0.2) is 48.9 Å². The third kappa shape index (κ3) is 2.49. The van der Waals surface area contributed by atoms with Gasteiger partial charge in [0.15, 0.2) is 0 Å². The Hall–Kier alpha value is -2.56. The Balaban J connectivity index is 1.68. The van der Waals surface area contributed by atoms with E-state index in [0.717, 1.165) is 23.8 Å². The van der Waals surface area contributed by atoms with Gasteiger partial charge >= 0.3 is 0 Å². The third-order valence-electron chi connectivity index (χ3n) is 3.04. The van der Waals surface area contributed by atoms with Crippen molar-refractivity contribution in [2.75, 3.05) is 5.32 Å². The van der Waals surface area contributed by atoms with Crippen molar-refractivity contribution in [3.8, 4) is 11.3 Å². The SMILES string of the molecule is Cn1ccnc1NCc1ccc(-c2ccn[nH]2)cc1. The van der Waals surface area contributed by atoms with Crippen molar-refractivity contribution >= 4 is 5.95 Å². The monoisotopic (exact) mass is 253 g/mol. The number of nitrogens with zero attached hydrogens (tertiary/aromatic N) is 3. The molecule has 0 amide bonds. The van der Waals surface area contributed by atoms with Crippen molar-refractivity contribution in [3.63, 3.8) is 0 Å². The van der Waals surface area contributed by atoms with Crippen molar-refractivity contribution in [3.05, 3.63) is 54.5 Å². The minimum absolute atomic E-state index is 0.758. The van der Waals surface area contributed by atoms with E-state index < -0.39 is 0 Å². The molecule has 0 aliphatic rings. The first-order chi connectivity index (χ1) is 9.33. The number of hydrogen-bond acceptors (Lipinski definition) is 3. The average molecular weight is 253 g/mol. The summed E-state index contributed by atoms with van der Waals surface area (Å²) in [7, 11) is 1.97. The highest BCUT2D eigenvalue weighted by molar-refractivity contribution is 5.58. The lowest BCUT2D eigenvalue weighted by Crippen LogP contribution is -2.04. The van der Waals surface area contributed by atoms with Gasteiger partial charge in [-0.25, -0.2) is 4.98 Å². The highest BCUT2D eigenvalue weighted by Crippen LogP contribution is 2.17. The van der Waals surface area contributed by atoms with E-state index in [1.165, 1.54) is 5.56 Å². The van der Waals surface area contributed by atoms with E-state index in [4.69, 9.17) is 0 Å². The van der Waals surface area contributed by atoms with Gasteiger partial charge in [0, 0.05) is 32.2 Å². The van der Waals surface area contributed by atoms with Gasteiger partial charge in [-0.2, -0.15) is 5.10 Å². The van der Waals surface area contributed by atoms with Gasteiger partial charge in [0.1, 0.15) is 0 Å². The predicted octanol–water partition coefficient (Wildman–Crippen LogP) is 2.42. The van der Waals surface area contributed by atoms with Crippen molar-refractivity contribution in [2.45, 2.75) is 6.54 Å². The number of H-pyrrole nitrogens is 1. The van der Waals surface area contributed by atoms with Crippen molar-refractivity contribution in [1.82, 2.24) is 19.7 Å². The number of nitrogens with one attached hydrogen (secondary N) is 2. The maximum absolute atomic E-state index is 4.23. The van der Waals surface area contributed by atoms with Crippen LogP contribution in [0.5, 0.6) is 0 Å². The van der Waals surface area contributed by atoms with E-state index in [1.54, 1.807) is 12.4 Å². The molecule has 0 aliphatic carbocycles. The van der Waals surface area contributed by atoms with Crippen LogP contribution < -0.4 is 5.32 Å². The predicted molar refractivity (Wildman–Crippen MR) is 74.6 cm³/mol. The van der Waals surface area contributed by atoms with Gasteiger partial charge < -0.3 is 9.88 Å². The summed E-state index contributed by atoms with van der Waals surface area (Å²) in [5.74, 6) is 0.873. The van der Waals surface area contributed by atoms with Crippen molar-refractivity contribution in [2.24, 2.45) is 7.05 Å². The molecule has 5 nitrogen and oxygen atoms in total. The summed E-state index contributed by atoms with van der Waals surface area (Å²) in [4.78, 5) is 4.23. The molecular weight excluding hydrogens is 238 g/mol. The van der Waals surface area contributed by atoms with E-state index in [0.29, 0.717) is 0 Å². The standard InChI is InChI=1S/C14H15N5/c1-19-9-8-15-14(19)16-10-11-2-4-12(5-3-11)13-6-7-17-18-13/h2-9H,10H2,1H3,(H,15,16)(H,17,18). The number of hydrogen-bond donors (Lipinski definition) is 2. The topological polar surface area (TPSA) is 58.5 Å². The second kappa shape index (κ2) is 4.97. The number of benzene rings is 1. The molecule has 0 fully saturated rings. The molecule has 5 heteroatoms. The molecule has 19 heavy (non-hydrogen) atoms. The summed E-state index contributed by atoms with van der Waals surface area (Å²) in [6, 6.07) is 10.3. The van der Waals surface area contributed by atoms with Crippen LogP contribution in [-0.2, 0) is 13.6 Å². The Morgan fingerprint density at radius 3 is 2.63 bits per heavy atom. The molecule has 0 spiro atoms. The van der Waals surface area contributed by atoms with Gasteiger partial charge in [-0.1, -0.05) is 24.3 Å². The zero-order valence-electron chi connectivity index (χ0n) is 10.7. The largest absolute Gasteiger partial charge is 0.352 e. The first-order valence-corrected chi connectivity index (χ1v) is 6.13. The molecule has 1 aromatic carbocycles. The second-order valence-electron chi connectivity index (χ2n) is 4.38. The fraction of sp³-hybridized carbons (Fsp3) is 0.143. The van der Waals surface area contributed by atoms with E-state index in [2.05, 4.69) is 44.8 Å². The molecule has 0 radical (unpaired) electrons. The maximum Gasteiger partial charge on any atom is 0.202 e. The van der Waals surface area contributed by atoms with Gasteiger partial charge in [-0.05, 0) is 17.2 Å². The van der Waals surface area contributed by atoms with Crippen LogP contribution in [0, 0.1) is 0 Å². The van der Waals surface area contributed by atoms with E-state index in [9.17, 15) is 0 Å². The fourth-order valence-electron chi connectivity index (χ4n) is 1.94. The zero-order chi connectivity index (χ0) is 13.1. The Bertz CT molecular complexity index is 637. The lowest BCUT2D eigenvalue weighted by molar-refractivity contribution is 0.900. The quantitative estimate of drug-likeness (QED) is 0.750. The summed E-state index contributed by atoms with van der Waals surface area (Å²) in [6.07, 6.45) is 5.46. The van der Waals surface area contributed by atoms with Crippen LogP contribution in [0.3, 0.4) is 0 Å². The second-order valence-corrected chi connectivity index (χ2v) is 4.38. The minimum Gasteiger partial charge on any atom is -0.352 e. The van der Waals surface area contributed by atoms with Crippen LogP contribution in [0.1, 0.15) is 5.56 Å². The minimum atomic E-state index is 0.758. The molecule has 2 N–H and O–H groups in total. The zero-order valence-corrected chi connectivity index (χ0v) is 10.7. The molecule has 0 bridgehead atoms. The van der Waals surface area contributed by atoms with Gasteiger partial charge in [0.05, 0.1) is 5.69 Å². The Kier molecular flexibility index (Phi) is 3.02. The van der Waals surface area contributed by atoms with Gasteiger partial charge in [-0.3, -0.25) is 5.10 Å². The maximum atomic E-state index is 4.23. The summed E-state index contributed by atoms with van der Waals surface area (Å²) in [5, 5.41) is 10.2.